The summed E-state index contributed by atoms with van der Waals surface area (Å²) in [7, 11) is 1.52. The Morgan fingerprint density at radius 3 is 1.94 bits per heavy atom. The lowest BCUT2D eigenvalue weighted by Crippen LogP contribution is -2.34. The van der Waals surface area contributed by atoms with Crippen molar-refractivity contribution in [2.45, 2.75) is 53.6 Å². The molecule has 2 atom stereocenters. The Morgan fingerprint density at radius 2 is 1.47 bits per heavy atom. The summed E-state index contributed by atoms with van der Waals surface area (Å²) < 4.78 is 18.1. The Labute approximate surface area is 187 Å². The number of rotatable bonds is 6. The Balaban J connectivity index is 1.74. The predicted molar refractivity (Wildman–Crippen MR) is 121 cm³/mol. The largest absolute Gasteiger partial charge is 0.324 e. The van der Waals surface area contributed by atoms with Gasteiger partial charge in [-0.25, -0.2) is 4.39 Å². The highest BCUT2D eigenvalue weighted by Gasteiger charge is 2.25. The van der Waals surface area contributed by atoms with Gasteiger partial charge >= 0.3 is 0 Å². The molecule has 0 saturated heterocycles. The molecular formula is C23H29FN6O2. The van der Waals surface area contributed by atoms with E-state index in [-0.39, 0.29) is 17.5 Å². The molecule has 3 aromatic rings. The zero-order valence-electron chi connectivity index (χ0n) is 19.5. The van der Waals surface area contributed by atoms with Crippen molar-refractivity contribution in [3.63, 3.8) is 0 Å². The minimum Gasteiger partial charge on any atom is -0.324 e. The number of anilines is 2. The van der Waals surface area contributed by atoms with E-state index in [1.54, 1.807) is 29.3 Å². The van der Waals surface area contributed by atoms with Gasteiger partial charge in [-0.3, -0.25) is 19.0 Å². The lowest BCUT2D eigenvalue weighted by Gasteiger charge is -2.23. The summed E-state index contributed by atoms with van der Waals surface area (Å²) in [6.45, 7) is 10.9. The molecule has 0 spiro atoms. The fourth-order valence-electron chi connectivity index (χ4n) is 3.79. The van der Waals surface area contributed by atoms with Crippen molar-refractivity contribution >= 4 is 23.2 Å². The zero-order valence-corrected chi connectivity index (χ0v) is 19.5. The van der Waals surface area contributed by atoms with Crippen molar-refractivity contribution in [3.8, 4) is 0 Å². The summed E-state index contributed by atoms with van der Waals surface area (Å²) in [5.41, 5.74) is 3.77. The number of nitrogens with one attached hydrogen (secondary N) is 1. The van der Waals surface area contributed by atoms with Crippen molar-refractivity contribution in [2.75, 3.05) is 17.3 Å². The summed E-state index contributed by atoms with van der Waals surface area (Å²) >= 11 is 0. The van der Waals surface area contributed by atoms with E-state index in [1.807, 2.05) is 39.8 Å². The number of hydrogen-bond acceptors (Lipinski definition) is 4. The van der Waals surface area contributed by atoms with Gasteiger partial charge in [-0.1, -0.05) is 0 Å². The summed E-state index contributed by atoms with van der Waals surface area (Å²) in [6.07, 6.45) is 0. The number of aryl methyl sites for hydroxylation is 4. The zero-order chi connectivity index (χ0) is 23.7. The van der Waals surface area contributed by atoms with E-state index in [0.29, 0.717) is 5.69 Å². The molecule has 3 rings (SSSR count). The Morgan fingerprint density at radius 1 is 0.938 bits per heavy atom. The monoisotopic (exact) mass is 440 g/mol. The summed E-state index contributed by atoms with van der Waals surface area (Å²) in [4.78, 5) is 26.8. The van der Waals surface area contributed by atoms with Crippen LogP contribution in [-0.2, 0) is 9.59 Å². The second-order valence-electron chi connectivity index (χ2n) is 8.15. The average molecular weight is 441 g/mol. The summed E-state index contributed by atoms with van der Waals surface area (Å²) in [5.74, 6) is -1.23. The van der Waals surface area contributed by atoms with E-state index < -0.39 is 17.9 Å². The number of likely N-dealkylation sites (N-methyl/N-ethyl adjacent to an activating group) is 1. The average Bonchev–Trinajstić information content (AvgIpc) is 3.25. The molecule has 32 heavy (non-hydrogen) atoms. The first-order valence-corrected chi connectivity index (χ1v) is 10.4. The smallest absolute Gasteiger partial charge is 0.251 e. The number of carbonyl (C=O) groups is 2. The van der Waals surface area contributed by atoms with E-state index in [1.165, 1.54) is 24.1 Å². The van der Waals surface area contributed by atoms with Crippen LogP contribution in [0.25, 0.3) is 0 Å². The molecular weight excluding hydrogens is 411 g/mol. The van der Waals surface area contributed by atoms with Gasteiger partial charge in [-0.2, -0.15) is 10.2 Å². The summed E-state index contributed by atoms with van der Waals surface area (Å²) in [6, 6.07) is 6.88. The van der Waals surface area contributed by atoms with Crippen LogP contribution < -0.4 is 10.2 Å². The second-order valence-corrected chi connectivity index (χ2v) is 8.15. The number of nitrogens with zero attached hydrogens (tertiary/aromatic N) is 5. The van der Waals surface area contributed by atoms with E-state index in [9.17, 15) is 14.0 Å². The Hall–Kier alpha value is -3.49. The van der Waals surface area contributed by atoms with Gasteiger partial charge in [0.15, 0.2) is 0 Å². The number of benzene rings is 1. The third-order valence-electron chi connectivity index (χ3n) is 5.47. The van der Waals surface area contributed by atoms with Gasteiger partial charge in [0.05, 0.1) is 17.1 Å². The molecule has 0 fully saturated rings. The Bertz CT molecular complexity index is 1170. The maximum absolute atomic E-state index is 14.9. The maximum Gasteiger partial charge on any atom is 0.251 e. The van der Waals surface area contributed by atoms with Gasteiger partial charge in [0.1, 0.15) is 17.9 Å². The maximum atomic E-state index is 14.9. The van der Waals surface area contributed by atoms with Crippen molar-refractivity contribution in [1.82, 2.24) is 19.6 Å². The van der Waals surface area contributed by atoms with Gasteiger partial charge in [-0.15, -0.1) is 0 Å². The van der Waals surface area contributed by atoms with E-state index in [0.717, 1.165) is 22.8 Å². The van der Waals surface area contributed by atoms with Crippen molar-refractivity contribution < 1.29 is 14.0 Å². The lowest BCUT2D eigenvalue weighted by atomic mass is 10.2. The molecule has 0 radical (unpaired) electrons. The van der Waals surface area contributed by atoms with E-state index >= 15 is 0 Å². The fourth-order valence-corrected chi connectivity index (χ4v) is 3.79. The SMILES string of the molecule is Cc1cc(C)n([C@H](C)C(=O)Nc2ccc(N(C)C(=O)[C@@H](C)n3nc(C)cc3C)c(F)c2)n1. The molecule has 0 bridgehead atoms. The first kappa shape index (κ1) is 23.2. The number of aromatic nitrogens is 4. The molecule has 2 heterocycles. The second kappa shape index (κ2) is 8.94. The van der Waals surface area contributed by atoms with Crippen LogP contribution in [0.2, 0.25) is 0 Å². The predicted octanol–water partition coefficient (Wildman–Crippen LogP) is 3.88. The van der Waals surface area contributed by atoms with Crippen LogP contribution >= 0.6 is 0 Å². The van der Waals surface area contributed by atoms with Gasteiger partial charge in [0, 0.05) is 24.1 Å². The normalized spacial score (nSPS) is 13.0. The van der Waals surface area contributed by atoms with Crippen molar-refractivity contribution in [2.24, 2.45) is 0 Å². The van der Waals surface area contributed by atoms with Crippen molar-refractivity contribution in [1.29, 1.82) is 0 Å². The first-order valence-electron chi connectivity index (χ1n) is 10.4. The van der Waals surface area contributed by atoms with Crippen LogP contribution in [0.3, 0.4) is 0 Å². The number of hydrogen-bond donors (Lipinski definition) is 1. The minimum atomic E-state index is -0.613. The third kappa shape index (κ3) is 4.56. The van der Waals surface area contributed by atoms with Crippen molar-refractivity contribution in [3.05, 3.63) is 58.9 Å². The van der Waals surface area contributed by atoms with Crippen LogP contribution in [0.5, 0.6) is 0 Å². The van der Waals surface area contributed by atoms with Crippen LogP contribution in [0.1, 0.15) is 48.7 Å². The highest BCUT2D eigenvalue weighted by molar-refractivity contribution is 5.97. The third-order valence-corrected chi connectivity index (χ3v) is 5.47. The molecule has 1 N–H and O–H groups in total. The molecule has 0 aliphatic rings. The number of amides is 2. The molecule has 0 saturated carbocycles. The van der Waals surface area contributed by atoms with Crippen LogP contribution in [0.15, 0.2) is 30.3 Å². The highest BCUT2D eigenvalue weighted by Crippen LogP contribution is 2.25. The van der Waals surface area contributed by atoms with Crippen LogP contribution in [0.4, 0.5) is 15.8 Å². The van der Waals surface area contributed by atoms with E-state index in [2.05, 4.69) is 15.5 Å². The highest BCUT2D eigenvalue weighted by atomic mass is 19.1. The van der Waals surface area contributed by atoms with Gasteiger partial charge < -0.3 is 10.2 Å². The van der Waals surface area contributed by atoms with E-state index in [4.69, 9.17) is 0 Å². The molecule has 2 aromatic heterocycles. The van der Waals surface area contributed by atoms with Crippen LogP contribution in [0, 0.1) is 33.5 Å². The van der Waals surface area contributed by atoms with Crippen LogP contribution in [-0.4, -0.2) is 38.4 Å². The molecule has 9 heteroatoms. The molecule has 1 aromatic carbocycles. The summed E-state index contributed by atoms with van der Waals surface area (Å²) in [5, 5.41) is 11.4. The molecule has 0 aliphatic heterocycles. The molecule has 170 valence electrons. The minimum absolute atomic E-state index is 0.118. The number of halogens is 1. The molecule has 0 aliphatic carbocycles. The molecule has 0 unspecified atom stereocenters. The number of carbonyl (C=O) groups excluding carboxylic acids is 2. The lowest BCUT2D eigenvalue weighted by molar-refractivity contribution is -0.121. The van der Waals surface area contributed by atoms with Gasteiger partial charge in [0.25, 0.3) is 5.91 Å². The Kier molecular flexibility index (Phi) is 6.47. The fraction of sp³-hybridized carbons (Fsp3) is 0.391. The van der Waals surface area contributed by atoms with Gasteiger partial charge in [-0.05, 0) is 71.9 Å². The standard InChI is InChI=1S/C23H29FN6O2/c1-13-10-15(3)29(26-13)17(5)22(31)25-19-8-9-21(20(24)12-19)28(7)23(32)18(6)30-16(4)11-14(2)27-30/h8-12,17-18H,1-7H3,(H,25,31)/t17-,18-/m1/s1. The quantitative estimate of drug-likeness (QED) is 0.630. The topological polar surface area (TPSA) is 85.0 Å². The molecule has 2 amide bonds. The van der Waals surface area contributed by atoms with Gasteiger partial charge in [0.2, 0.25) is 5.91 Å². The molecule has 8 nitrogen and oxygen atoms in total. The first-order chi connectivity index (χ1) is 15.0.